The molecule has 26 heavy (non-hydrogen) atoms. The molecule has 0 aliphatic rings. The second-order valence-electron chi connectivity index (χ2n) is 6.62. The fourth-order valence-corrected chi connectivity index (χ4v) is 4.09. The normalized spacial score (nSPS) is 11.8. The van der Waals surface area contributed by atoms with Gasteiger partial charge >= 0.3 is 0 Å². The van der Waals surface area contributed by atoms with Gasteiger partial charge in [0.15, 0.2) is 0 Å². The quantitative estimate of drug-likeness (QED) is 0.358. The third-order valence-corrected chi connectivity index (χ3v) is 5.20. The highest BCUT2D eigenvalue weighted by Gasteiger charge is 2.14. The van der Waals surface area contributed by atoms with Crippen molar-refractivity contribution in [2.75, 3.05) is 0 Å². The van der Waals surface area contributed by atoms with Gasteiger partial charge in [-0.3, -0.25) is 0 Å². The molecule has 2 N–H and O–H groups in total. The van der Waals surface area contributed by atoms with Crippen molar-refractivity contribution in [3.8, 4) is 11.1 Å². The highest BCUT2D eigenvalue weighted by atomic mass is 14.7. The zero-order chi connectivity index (χ0) is 17.1. The fraction of sp³-hybridized carbons (Fsp3) is 0. The number of para-hydroxylation sites is 2. The van der Waals surface area contributed by atoms with E-state index in [1.165, 1.54) is 32.7 Å². The first-order chi connectivity index (χ1) is 12.9. The number of fused-ring (bicyclic) bond motifs is 6. The number of nitrogens with one attached hydrogen (secondary N) is 2. The van der Waals surface area contributed by atoms with Gasteiger partial charge in [0.1, 0.15) is 0 Å². The molecule has 2 heteroatoms. The summed E-state index contributed by atoms with van der Waals surface area (Å²) in [4.78, 5) is 6.99. The molecule has 0 saturated heterocycles. The van der Waals surface area contributed by atoms with Crippen molar-refractivity contribution in [2.24, 2.45) is 0 Å². The molecule has 0 unspecified atom stereocenters. The van der Waals surface area contributed by atoms with Crippen LogP contribution in [-0.4, -0.2) is 9.97 Å². The number of H-pyrrole nitrogens is 2. The van der Waals surface area contributed by atoms with E-state index in [9.17, 15) is 0 Å². The molecule has 2 aromatic heterocycles. The largest absolute Gasteiger partial charge is 0.354 e. The van der Waals surface area contributed by atoms with E-state index in [0.29, 0.717) is 0 Å². The van der Waals surface area contributed by atoms with Crippen LogP contribution in [-0.2, 0) is 0 Å². The molecule has 0 saturated carbocycles. The van der Waals surface area contributed by atoms with E-state index >= 15 is 0 Å². The maximum atomic E-state index is 3.50. The van der Waals surface area contributed by atoms with Gasteiger partial charge in [0, 0.05) is 44.7 Å². The third-order valence-electron chi connectivity index (χ3n) is 5.20. The summed E-state index contributed by atoms with van der Waals surface area (Å²) in [6, 6.07) is 31.9. The van der Waals surface area contributed by atoms with Crippen molar-refractivity contribution in [3.05, 3.63) is 84.9 Å². The van der Waals surface area contributed by atoms with Crippen molar-refractivity contribution < 1.29 is 0 Å². The predicted octanol–water partition coefficient (Wildman–Crippen LogP) is 6.22. The average Bonchev–Trinajstić information content (AvgIpc) is 3.26. The zero-order valence-corrected chi connectivity index (χ0v) is 13.9. The van der Waals surface area contributed by atoms with E-state index in [4.69, 9.17) is 0 Å². The molecule has 2 heterocycles. The molecule has 0 amide bonds. The molecule has 2 nitrogen and oxygen atoms in total. The van der Waals surface area contributed by atoms with Gasteiger partial charge in [0.25, 0.3) is 0 Å². The topological polar surface area (TPSA) is 31.6 Å². The summed E-state index contributed by atoms with van der Waals surface area (Å²) in [5.41, 5.74) is 6.82. The van der Waals surface area contributed by atoms with Gasteiger partial charge in [-0.2, -0.15) is 0 Å². The van der Waals surface area contributed by atoms with Crippen molar-refractivity contribution in [3.63, 3.8) is 0 Å². The van der Waals surface area contributed by atoms with Crippen molar-refractivity contribution >= 4 is 43.6 Å². The fourth-order valence-electron chi connectivity index (χ4n) is 4.09. The van der Waals surface area contributed by atoms with E-state index < -0.39 is 0 Å². The van der Waals surface area contributed by atoms with Crippen molar-refractivity contribution in [1.29, 1.82) is 0 Å². The molecule has 0 aliphatic carbocycles. The Bertz CT molecular complexity index is 1320. The first-order valence-corrected chi connectivity index (χ1v) is 8.73. The minimum absolute atomic E-state index is 1.05. The van der Waals surface area contributed by atoms with Crippen LogP contribution < -0.4 is 0 Å². The van der Waals surface area contributed by atoms with Gasteiger partial charge in [-0.25, -0.2) is 0 Å². The van der Waals surface area contributed by atoms with E-state index in [1.807, 2.05) is 12.1 Å². The van der Waals surface area contributed by atoms with Gasteiger partial charge < -0.3 is 9.97 Å². The highest BCUT2D eigenvalue weighted by Crippen LogP contribution is 2.39. The minimum atomic E-state index is 1.05. The first kappa shape index (κ1) is 13.7. The summed E-state index contributed by atoms with van der Waals surface area (Å²) in [5, 5.41) is 4.91. The maximum Gasteiger partial charge on any atom is 0.0551 e. The van der Waals surface area contributed by atoms with E-state index in [-0.39, 0.29) is 0 Å². The summed E-state index contributed by atoms with van der Waals surface area (Å²) in [7, 11) is 0. The number of rotatable bonds is 1. The van der Waals surface area contributed by atoms with Crippen LogP contribution in [0.2, 0.25) is 0 Å². The van der Waals surface area contributed by atoms with Crippen LogP contribution in [0.15, 0.2) is 72.8 Å². The number of aromatic amines is 2. The molecular weight excluding hydrogens is 316 g/mol. The average molecular weight is 330 g/mol. The summed E-state index contributed by atoms with van der Waals surface area (Å²) in [5.74, 6) is 0. The van der Waals surface area contributed by atoms with Gasteiger partial charge in [0.2, 0.25) is 0 Å². The Morgan fingerprint density at radius 1 is 0.538 bits per heavy atom. The van der Waals surface area contributed by atoms with E-state index in [2.05, 4.69) is 82.8 Å². The molecular formula is C24H14N2. The van der Waals surface area contributed by atoms with Crippen LogP contribution in [0, 0.1) is 12.1 Å². The Hall–Kier alpha value is -3.52. The van der Waals surface area contributed by atoms with Gasteiger partial charge in [-0.05, 0) is 23.3 Å². The monoisotopic (exact) mass is 330 g/mol. The highest BCUT2D eigenvalue weighted by molar-refractivity contribution is 6.20. The Kier molecular flexibility index (Phi) is 2.64. The molecule has 4 aromatic carbocycles. The molecule has 0 fully saturated rings. The molecule has 0 atom stereocenters. The number of hydrogen-bond acceptors (Lipinski definition) is 0. The summed E-state index contributed by atoms with van der Waals surface area (Å²) < 4.78 is 0. The van der Waals surface area contributed by atoms with Gasteiger partial charge in [-0.1, -0.05) is 60.7 Å². The van der Waals surface area contributed by atoms with Crippen LogP contribution in [0.3, 0.4) is 0 Å². The Labute approximate surface area is 150 Å². The Morgan fingerprint density at radius 3 is 1.50 bits per heavy atom. The molecule has 6 aromatic rings. The number of benzene rings is 4. The third kappa shape index (κ3) is 1.76. The summed E-state index contributed by atoms with van der Waals surface area (Å²) >= 11 is 0. The van der Waals surface area contributed by atoms with Crippen molar-refractivity contribution in [2.45, 2.75) is 0 Å². The number of aromatic nitrogens is 2. The summed E-state index contributed by atoms with van der Waals surface area (Å²) in [6.45, 7) is 0. The molecule has 6 rings (SSSR count). The van der Waals surface area contributed by atoms with Gasteiger partial charge in [-0.15, -0.1) is 0 Å². The number of hydrogen-bond donors (Lipinski definition) is 2. The molecule has 0 aliphatic heterocycles. The van der Waals surface area contributed by atoms with E-state index in [0.717, 1.165) is 22.1 Å². The lowest BCUT2D eigenvalue weighted by Crippen LogP contribution is -1.82. The minimum Gasteiger partial charge on any atom is -0.354 e. The second kappa shape index (κ2) is 4.99. The van der Waals surface area contributed by atoms with E-state index in [1.54, 1.807) is 0 Å². The first-order valence-electron chi connectivity index (χ1n) is 8.73. The van der Waals surface area contributed by atoms with Gasteiger partial charge in [0.05, 0.1) is 11.0 Å². The predicted molar refractivity (Wildman–Crippen MR) is 108 cm³/mol. The zero-order valence-electron chi connectivity index (χ0n) is 13.9. The maximum absolute atomic E-state index is 3.50. The summed E-state index contributed by atoms with van der Waals surface area (Å²) in [6.07, 6.45) is 0. The SMILES string of the molecule is [c]1ccc(-c2cc[c]c3[nH]c4ccccc4c23)c2c1[nH]c1ccccc12. The van der Waals surface area contributed by atoms with Crippen LogP contribution in [0.1, 0.15) is 0 Å². The van der Waals surface area contributed by atoms with Crippen LogP contribution in [0.4, 0.5) is 0 Å². The smallest absolute Gasteiger partial charge is 0.0551 e. The second-order valence-corrected chi connectivity index (χ2v) is 6.62. The van der Waals surface area contributed by atoms with Crippen molar-refractivity contribution in [1.82, 2.24) is 9.97 Å². The Balaban J connectivity index is 1.82. The lowest BCUT2D eigenvalue weighted by Gasteiger charge is -2.07. The lowest BCUT2D eigenvalue weighted by atomic mass is 9.95. The van der Waals surface area contributed by atoms with Crippen LogP contribution >= 0.6 is 0 Å². The Morgan fingerprint density at radius 2 is 1.00 bits per heavy atom. The standard InChI is InChI=1S/C24H14N2/c1-3-11-19-17(7-1)23-15(9-5-13-21(23)25-19)16-10-6-14-22-24(16)18-8-2-4-12-20(18)26-22/h1-12,25-26H. The molecule has 0 bridgehead atoms. The molecule has 0 spiro atoms. The molecule has 2 radical (unpaired) electrons. The molecule has 120 valence electrons. The van der Waals surface area contributed by atoms with Crippen LogP contribution in [0.25, 0.3) is 54.7 Å². The van der Waals surface area contributed by atoms with Crippen LogP contribution in [0.5, 0.6) is 0 Å². The lowest BCUT2D eigenvalue weighted by molar-refractivity contribution is 1.53.